The first-order valence-corrected chi connectivity index (χ1v) is 10.1. The van der Waals surface area contributed by atoms with Crippen molar-refractivity contribution < 1.29 is 19.1 Å². The monoisotopic (exact) mass is 398 g/mol. The molecule has 0 unspecified atom stereocenters. The van der Waals surface area contributed by atoms with E-state index in [1.807, 2.05) is 19.1 Å². The number of hydrogen-bond donors (Lipinski definition) is 0. The highest BCUT2D eigenvalue weighted by atomic mass is 16.6. The third kappa shape index (κ3) is 10.5. The molecule has 158 valence electrons. The molecule has 0 spiro atoms. The molecule has 0 aliphatic carbocycles. The van der Waals surface area contributed by atoms with E-state index < -0.39 is 18.0 Å². The number of benzene rings is 1. The molecule has 0 fully saturated rings. The van der Waals surface area contributed by atoms with Gasteiger partial charge < -0.3 is 9.47 Å². The number of esters is 2. The van der Waals surface area contributed by atoms with Crippen molar-refractivity contribution in [3.05, 3.63) is 70.8 Å². The normalized spacial score (nSPS) is 12.9. The number of methoxy groups -OCH3 is 1. The molecule has 0 saturated carbocycles. The van der Waals surface area contributed by atoms with Crippen molar-refractivity contribution in [1.82, 2.24) is 0 Å². The molecule has 4 nitrogen and oxygen atoms in total. The summed E-state index contributed by atoms with van der Waals surface area (Å²) in [5.74, 6) is -1.03. The van der Waals surface area contributed by atoms with Crippen molar-refractivity contribution in [1.29, 1.82) is 0 Å². The Balaban J connectivity index is 2.51. The SMILES string of the molecule is COC(=O)[C@H](OC(=O)CC=C(C)CCC=C(C)CCC=C(C)C)c1ccccc1. The van der Waals surface area contributed by atoms with Gasteiger partial charge in [0.15, 0.2) is 0 Å². The van der Waals surface area contributed by atoms with Crippen molar-refractivity contribution in [2.45, 2.75) is 65.9 Å². The van der Waals surface area contributed by atoms with Crippen LogP contribution >= 0.6 is 0 Å². The molecule has 0 aliphatic rings. The zero-order valence-electron chi connectivity index (χ0n) is 18.4. The highest BCUT2D eigenvalue weighted by molar-refractivity contribution is 5.81. The van der Waals surface area contributed by atoms with Crippen LogP contribution in [-0.4, -0.2) is 19.0 Å². The van der Waals surface area contributed by atoms with Crippen LogP contribution in [0.5, 0.6) is 0 Å². The first-order chi connectivity index (χ1) is 13.8. The summed E-state index contributed by atoms with van der Waals surface area (Å²) < 4.78 is 10.1. The molecule has 0 bridgehead atoms. The Morgan fingerprint density at radius 1 is 0.897 bits per heavy atom. The maximum absolute atomic E-state index is 12.2. The van der Waals surface area contributed by atoms with E-state index in [0.29, 0.717) is 5.56 Å². The topological polar surface area (TPSA) is 52.6 Å². The summed E-state index contributed by atoms with van der Waals surface area (Å²) in [7, 11) is 1.28. The average molecular weight is 399 g/mol. The minimum Gasteiger partial charge on any atom is -0.466 e. The predicted octanol–water partition coefficient (Wildman–Crippen LogP) is 6.25. The largest absolute Gasteiger partial charge is 0.466 e. The molecule has 1 rings (SSSR count). The van der Waals surface area contributed by atoms with Crippen LogP contribution in [0.2, 0.25) is 0 Å². The second kappa shape index (κ2) is 13.5. The molecule has 0 aromatic heterocycles. The van der Waals surface area contributed by atoms with Gasteiger partial charge in [-0.2, -0.15) is 0 Å². The number of hydrogen-bond acceptors (Lipinski definition) is 4. The van der Waals surface area contributed by atoms with E-state index in [2.05, 4.69) is 32.9 Å². The molecular formula is C25H34O4. The molecule has 1 aromatic rings. The van der Waals surface area contributed by atoms with E-state index in [0.717, 1.165) is 31.3 Å². The van der Waals surface area contributed by atoms with Gasteiger partial charge in [0.1, 0.15) is 0 Å². The Labute approximate surface area is 175 Å². The van der Waals surface area contributed by atoms with Gasteiger partial charge in [-0.05, 0) is 53.4 Å². The van der Waals surface area contributed by atoms with Gasteiger partial charge >= 0.3 is 11.9 Å². The molecule has 0 aliphatic heterocycles. The van der Waals surface area contributed by atoms with E-state index in [-0.39, 0.29) is 6.42 Å². The maximum atomic E-state index is 12.2. The van der Waals surface area contributed by atoms with Crippen molar-refractivity contribution in [3.8, 4) is 0 Å². The van der Waals surface area contributed by atoms with Gasteiger partial charge in [-0.1, -0.05) is 65.3 Å². The van der Waals surface area contributed by atoms with Crippen LogP contribution in [0.1, 0.15) is 71.5 Å². The van der Waals surface area contributed by atoms with Gasteiger partial charge in [-0.3, -0.25) is 4.79 Å². The number of carbonyl (C=O) groups is 2. The molecule has 0 saturated heterocycles. The van der Waals surface area contributed by atoms with Crippen molar-refractivity contribution in [2.75, 3.05) is 7.11 Å². The van der Waals surface area contributed by atoms with Crippen LogP contribution in [0.15, 0.2) is 65.3 Å². The summed E-state index contributed by atoms with van der Waals surface area (Å²) in [5.41, 5.74) is 4.47. The lowest BCUT2D eigenvalue weighted by molar-refractivity contribution is -0.166. The predicted molar refractivity (Wildman–Crippen MR) is 117 cm³/mol. The average Bonchev–Trinajstić information content (AvgIpc) is 2.70. The fourth-order valence-electron chi connectivity index (χ4n) is 2.76. The Morgan fingerprint density at radius 3 is 2.07 bits per heavy atom. The molecule has 0 heterocycles. The lowest BCUT2D eigenvalue weighted by atomic mass is 10.1. The van der Waals surface area contributed by atoms with E-state index in [1.54, 1.807) is 24.3 Å². The van der Waals surface area contributed by atoms with Gasteiger partial charge in [0, 0.05) is 5.56 Å². The van der Waals surface area contributed by atoms with Crippen LogP contribution in [-0.2, 0) is 19.1 Å². The van der Waals surface area contributed by atoms with Gasteiger partial charge in [0.2, 0.25) is 6.10 Å². The maximum Gasteiger partial charge on any atom is 0.351 e. The minimum absolute atomic E-state index is 0.134. The van der Waals surface area contributed by atoms with E-state index in [1.165, 1.54) is 18.3 Å². The Bertz CT molecular complexity index is 737. The molecule has 4 heteroatoms. The van der Waals surface area contributed by atoms with E-state index in [4.69, 9.17) is 9.47 Å². The van der Waals surface area contributed by atoms with Crippen LogP contribution in [0, 0.1) is 0 Å². The quantitative estimate of drug-likeness (QED) is 0.326. The highest BCUT2D eigenvalue weighted by Gasteiger charge is 2.25. The first kappa shape index (κ1) is 24.4. The fourth-order valence-corrected chi connectivity index (χ4v) is 2.76. The molecule has 29 heavy (non-hydrogen) atoms. The van der Waals surface area contributed by atoms with Gasteiger partial charge in [0.05, 0.1) is 13.5 Å². The van der Waals surface area contributed by atoms with Crippen LogP contribution < -0.4 is 0 Å². The summed E-state index contributed by atoms with van der Waals surface area (Å²) >= 11 is 0. The Hall–Kier alpha value is -2.62. The van der Waals surface area contributed by atoms with Gasteiger partial charge in [-0.25, -0.2) is 4.79 Å². The summed E-state index contributed by atoms with van der Waals surface area (Å²) in [6.07, 6.45) is 9.49. The standard InChI is InChI=1S/C25H34O4/c1-19(2)11-9-12-20(3)13-10-14-21(4)17-18-23(26)29-24(25(27)28-5)22-15-7-6-8-16-22/h6-8,11,13,15-17,24H,9-10,12,14,18H2,1-5H3/t24-/m1/s1. The molecule has 0 radical (unpaired) electrons. The third-order valence-corrected chi connectivity index (χ3v) is 4.51. The number of carbonyl (C=O) groups excluding carboxylic acids is 2. The number of rotatable bonds is 11. The van der Waals surface area contributed by atoms with Gasteiger partial charge in [-0.15, -0.1) is 0 Å². The first-order valence-electron chi connectivity index (χ1n) is 10.1. The zero-order chi connectivity index (χ0) is 21.6. The smallest absolute Gasteiger partial charge is 0.351 e. The fraction of sp³-hybridized carbons (Fsp3) is 0.440. The molecule has 1 aromatic carbocycles. The molecule has 1 atom stereocenters. The van der Waals surface area contributed by atoms with Crippen molar-refractivity contribution >= 4 is 11.9 Å². The highest BCUT2D eigenvalue weighted by Crippen LogP contribution is 2.20. The van der Waals surface area contributed by atoms with Crippen LogP contribution in [0.3, 0.4) is 0 Å². The Morgan fingerprint density at radius 2 is 1.48 bits per heavy atom. The van der Waals surface area contributed by atoms with Crippen LogP contribution in [0.4, 0.5) is 0 Å². The summed E-state index contributed by atoms with van der Waals surface area (Å²) in [6, 6.07) is 8.89. The minimum atomic E-state index is -1.03. The zero-order valence-corrected chi connectivity index (χ0v) is 18.4. The van der Waals surface area contributed by atoms with Crippen LogP contribution in [0.25, 0.3) is 0 Å². The third-order valence-electron chi connectivity index (χ3n) is 4.51. The summed E-state index contributed by atoms with van der Waals surface area (Å²) in [5, 5.41) is 0. The molecule has 0 amide bonds. The van der Waals surface area contributed by atoms with E-state index >= 15 is 0 Å². The van der Waals surface area contributed by atoms with Crippen molar-refractivity contribution in [2.24, 2.45) is 0 Å². The molecule has 0 N–H and O–H groups in total. The second-order valence-corrected chi connectivity index (χ2v) is 7.47. The van der Waals surface area contributed by atoms with Gasteiger partial charge in [0.25, 0.3) is 0 Å². The number of allylic oxidation sites excluding steroid dienone is 5. The second-order valence-electron chi connectivity index (χ2n) is 7.47. The van der Waals surface area contributed by atoms with Crippen molar-refractivity contribution in [3.63, 3.8) is 0 Å². The number of ether oxygens (including phenoxy) is 2. The molecular weight excluding hydrogens is 364 g/mol. The summed E-state index contributed by atoms with van der Waals surface area (Å²) in [4.78, 5) is 24.2. The van der Waals surface area contributed by atoms with E-state index in [9.17, 15) is 9.59 Å². The lowest BCUT2D eigenvalue weighted by Gasteiger charge is -2.15. The Kier molecular flexibility index (Phi) is 11.4. The summed E-state index contributed by atoms with van der Waals surface area (Å²) in [6.45, 7) is 8.40. The lowest BCUT2D eigenvalue weighted by Crippen LogP contribution is -2.20.